The smallest absolute Gasteiger partial charge is 0.421 e. The van der Waals surface area contributed by atoms with Gasteiger partial charge < -0.3 is 34.9 Å². The molecule has 2 aromatic carbocycles. The Morgan fingerprint density at radius 2 is 1.83 bits per heavy atom. The minimum absolute atomic E-state index is 0.0956. The molecule has 0 amide bonds. The number of rotatable bonds is 11. The van der Waals surface area contributed by atoms with Gasteiger partial charge >= 0.3 is 6.18 Å². The van der Waals surface area contributed by atoms with E-state index in [9.17, 15) is 22.7 Å². The molecule has 0 spiro atoms. The molecule has 0 unspecified atom stereocenters. The fourth-order valence-corrected chi connectivity index (χ4v) is 5.85. The number of aromatic hydroxyl groups is 1. The van der Waals surface area contributed by atoms with Crippen molar-refractivity contribution in [3.05, 3.63) is 65.7 Å². The Morgan fingerprint density at radius 1 is 1.02 bits per heavy atom. The van der Waals surface area contributed by atoms with Crippen LogP contribution in [0.5, 0.6) is 11.6 Å². The van der Waals surface area contributed by atoms with Crippen LogP contribution >= 0.6 is 0 Å². The fraction of sp³-hybridized carbons (Fsp3) is 0.344. The van der Waals surface area contributed by atoms with Gasteiger partial charge in [0.2, 0.25) is 11.8 Å². The van der Waals surface area contributed by atoms with Gasteiger partial charge in [0.15, 0.2) is 0 Å². The van der Waals surface area contributed by atoms with Crippen molar-refractivity contribution in [1.29, 1.82) is 0 Å². The molecule has 1 aliphatic rings. The van der Waals surface area contributed by atoms with Crippen LogP contribution in [-0.4, -0.2) is 67.9 Å². The van der Waals surface area contributed by atoms with Crippen LogP contribution in [0.3, 0.4) is 0 Å². The van der Waals surface area contributed by atoms with Crippen LogP contribution < -0.4 is 15.4 Å². The van der Waals surface area contributed by atoms with Gasteiger partial charge in [0.25, 0.3) is 0 Å². The normalized spacial score (nSPS) is 13.9. The molecule has 1 aliphatic heterocycles. The Hall–Kier alpha value is -4.85. The second kappa shape index (κ2) is 12.9. The number of halogens is 4. The number of methoxy groups -OCH3 is 1. The zero-order chi connectivity index (χ0) is 32.4. The molecule has 0 saturated carbocycles. The predicted molar refractivity (Wildman–Crippen MR) is 168 cm³/mol. The quantitative estimate of drug-likeness (QED) is 0.115. The van der Waals surface area contributed by atoms with Gasteiger partial charge in [0, 0.05) is 47.7 Å². The van der Waals surface area contributed by atoms with E-state index in [1.165, 1.54) is 30.6 Å². The van der Waals surface area contributed by atoms with Crippen LogP contribution in [0.25, 0.3) is 22.2 Å². The molecular formula is C32H34F4N8O2. The predicted octanol–water partition coefficient (Wildman–Crippen LogP) is 6.96. The summed E-state index contributed by atoms with van der Waals surface area (Å²) in [4.78, 5) is 18.4. The number of benzene rings is 2. The van der Waals surface area contributed by atoms with Crippen molar-refractivity contribution < 1.29 is 27.4 Å². The molecule has 4 heterocycles. The van der Waals surface area contributed by atoms with Crippen molar-refractivity contribution in [2.45, 2.75) is 38.9 Å². The summed E-state index contributed by atoms with van der Waals surface area (Å²) in [6.07, 6.45) is 1.08. The first-order chi connectivity index (χ1) is 22.2. The van der Waals surface area contributed by atoms with Gasteiger partial charge in [-0.15, -0.1) is 0 Å². The number of nitrogens with one attached hydrogen (secondary N) is 3. The molecule has 1 fully saturated rings. The topological polar surface area (TPSA) is 116 Å². The van der Waals surface area contributed by atoms with Gasteiger partial charge in [0.1, 0.15) is 29.6 Å². The summed E-state index contributed by atoms with van der Waals surface area (Å²) in [5.74, 6) is 0.178. The summed E-state index contributed by atoms with van der Waals surface area (Å²) >= 11 is 0. The number of aromatic amines is 1. The third-order valence-electron chi connectivity index (χ3n) is 8.24. The molecule has 1 saturated heterocycles. The van der Waals surface area contributed by atoms with Crippen LogP contribution in [0.15, 0.2) is 48.8 Å². The van der Waals surface area contributed by atoms with Crippen molar-refractivity contribution in [3.8, 4) is 23.0 Å². The number of H-pyrrole nitrogens is 1. The van der Waals surface area contributed by atoms with E-state index in [-0.39, 0.29) is 29.4 Å². The van der Waals surface area contributed by atoms with E-state index in [2.05, 4.69) is 35.5 Å². The largest absolute Gasteiger partial charge is 0.495 e. The number of ether oxygens (including phenoxy) is 1. The monoisotopic (exact) mass is 638 g/mol. The average Bonchev–Trinajstić information content (AvgIpc) is 3.78. The standard InChI is InChI=1S/C32H34F4N8O2/c1-19-22-6-5-7-25(27(22)30(45)44(19)15-11-33)40-29-23(32(34,35)36)18-38-31(42-29)41-24-9-8-20(16-26(24)46-2)28-37-17-21(39-28)10-14-43-12-3-4-13-43/h5-9,16-18,45H,3-4,10-15H2,1-2H3,(H,37,39)(H2,38,40,41,42). The Labute approximate surface area is 262 Å². The lowest BCUT2D eigenvalue weighted by Gasteiger charge is -2.16. The molecular weight excluding hydrogens is 604 g/mol. The lowest BCUT2D eigenvalue weighted by Crippen LogP contribution is -2.21. The first-order valence-electron chi connectivity index (χ1n) is 15.0. The van der Waals surface area contributed by atoms with Crippen molar-refractivity contribution in [3.63, 3.8) is 0 Å². The van der Waals surface area contributed by atoms with E-state index in [0.29, 0.717) is 34.5 Å². The summed E-state index contributed by atoms with van der Waals surface area (Å²) in [6.45, 7) is 4.11. The number of alkyl halides is 4. The fourth-order valence-electron chi connectivity index (χ4n) is 5.85. The maximum absolute atomic E-state index is 14.1. The van der Waals surface area contributed by atoms with Gasteiger partial charge in [-0.3, -0.25) is 0 Å². The van der Waals surface area contributed by atoms with Crippen molar-refractivity contribution in [2.75, 3.05) is 44.1 Å². The first kappa shape index (κ1) is 31.1. The highest BCUT2D eigenvalue weighted by Crippen LogP contribution is 2.41. The zero-order valence-electron chi connectivity index (χ0n) is 25.4. The summed E-state index contributed by atoms with van der Waals surface area (Å²) in [7, 11) is 1.48. The number of anilines is 4. The number of hydrogen-bond donors (Lipinski definition) is 4. The van der Waals surface area contributed by atoms with Crippen molar-refractivity contribution >= 4 is 33.9 Å². The lowest BCUT2D eigenvalue weighted by atomic mass is 10.1. The molecule has 0 bridgehead atoms. The molecule has 5 aromatic rings. The first-order valence-corrected chi connectivity index (χ1v) is 15.0. The third kappa shape index (κ3) is 6.29. The molecule has 46 heavy (non-hydrogen) atoms. The lowest BCUT2D eigenvalue weighted by molar-refractivity contribution is -0.137. The van der Waals surface area contributed by atoms with Gasteiger partial charge in [-0.2, -0.15) is 18.2 Å². The molecule has 0 aliphatic carbocycles. The molecule has 6 rings (SSSR count). The number of imidazole rings is 1. The Bertz CT molecular complexity index is 1850. The summed E-state index contributed by atoms with van der Waals surface area (Å²) in [5.41, 5.74) is 1.88. The van der Waals surface area contributed by atoms with Crippen LogP contribution in [0.1, 0.15) is 29.8 Å². The van der Waals surface area contributed by atoms with E-state index >= 15 is 0 Å². The SMILES string of the molecule is COc1cc(-c2ncc(CCN3CCCC3)[nH]2)ccc1Nc1ncc(C(F)(F)F)c(Nc2cccc3c(C)n(CCF)c(O)c23)n1. The Kier molecular flexibility index (Phi) is 8.71. The minimum atomic E-state index is -4.78. The number of nitrogens with zero attached hydrogens (tertiary/aromatic N) is 5. The van der Waals surface area contributed by atoms with Crippen LogP contribution in [0, 0.1) is 6.92 Å². The average molecular weight is 639 g/mol. The summed E-state index contributed by atoms with van der Waals surface area (Å²) < 4.78 is 62.3. The van der Waals surface area contributed by atoms with Gasteiger partial charge in [0.05, 0.1) is 30.4 Å². The minimum Gasteiger partial charge on any atom is -0.495 e. The number of fused-ring (bicyclic) bond motifs is 1. The van der Waals surface area contributed by atoms with Crippen LogP contribution in [0.2, 0.25) is 0 Å². The van der Waals surface area contributed by atoms with E-state index < -0.39 is 24.2 Å². The maximum Gasteiger partial charge on any atom is 0.421 e. The second-order valence-electron chi connectivity index (χ2n) is 11.2. The van der Waals surface area contributed by atoms with Crippen molar-refractivity contribution in [2.24, 2.45) is 0 Å². The van der Waals surface area contributed by atoms with Crippen molar-refractivity contribution in [1.82, 2.24) is 29.4 Å². The number of likely N-dealkylation sites (tertiary alicyclic amines) is 1. The number of aryl methyl sites for hydroxylation is 1. The Balaban J connectivity index is 1.27. The third-order valence-corrected chi connectivity index (χ3v) is 8.24. The van der Waals surface area contributed by atoms with E-state index in [1.54, 1.807) is 31.2 Å². The van der Waals surface area contributed by atoms with Gasteiger partial charge in [-0.05, 0) is 57.1 Å². The van der Waals surface area contributed by atoms with E-state index in [1.807, 2.05) is 12.3 Å². The molecule has 3 aromatic heterocycles. The summed E-state index contributed by atoms with van der Waals surface area (Å²) in [5, 5.41) is 17.4. The molecule has 0 radical (unpaired) electrons. The number of aromatic nitrogens is 5. The van der Waals surface area contributed by atoms with Crippen LogP contribution in [-0.2, 0) is 19.1 Å². The van der Waals surface area contributed by atoms with E-state index in [4.69, 9.17) is 4.74 Å². The highest BCUT2D eigenvalue weighted by Gasteiger charge is 2.36. The molecule has 242 valence electrons. The number of hydrogen-bond acceptors (Lipinski definition) is 8. The molecule has 14 heteroatoms. The van der Waals surface area contributed by atoms with E-state index in [0.717, 1.165) is 37.3 Å². The van der Waals surface area contributed by atoms with Crippen LogP contribution in [0.4, 0.5) is 40.7 Å². The molecule has 0 atom stereocenters. The molecule has 4 N–H and O–H groups in total. The van der Waals surface area contributed by atoms with Gasteiger partial charge in [-0.25, -0.2) is 14.4 Å². The molecule has 10 nitrogen and oxygen atoms in total. The highest BCUT2D eigenvalue weighted by molar-refractivity contribution is 6.01. The zero-order valence-corrected chi connectivity index (χ0v) is 25.4. The van der Waals surface area contributed by atoms with Gasteiger partial charge in [-0.1, -0.05) is 12.1 Å². The summed E-state index contributed by atoms with van der Waals surface area (Å²) in [6, 6.07) is 10.1. The Morgan fingerprint density at radius 3 is 2.57 bits per heavy atom. The second-order valence-corrected chi connectivity index (χ2v) is 11.2. The highest BCUT2D eigenvalue weighted by atomic mass is 19.4. The maximum atomic E-state index is 14.1.